The number of rotatable bonds is 6. The Kier molecular flexibility index (Phi) is 6.52. The molecule has 4 heteroatoms. The Bertz CT molecular complexity index is 223. The number of nitrogens with one attached hydrogen (secondary N) is 1. The molecule has 0 aliphatic carbocycles. The molecule has 0 aromatic carbocycles. The van der Waals surface area contributed by atoms with E-state index in [0.29, 0.717) is 6.04 Å². The van der Waals surface area contributed by atoms with Gasteiger partial charge in [0, 0.05) is 6.04 Å². The third-order valence-corrected chi connectivity index (χ3v) is 3.33. The number of methoxy groups -OCH3 is 1. The molecule has 1 heterocycles. The van der Waals surface area contributed by atoms with Gasteiger partial charge in [-0.15, -0.1) is 0 Å². The molecule has 0 aromatic rings. The van der Waals surface area contributed by atoms with Crippen LogP contribution in [0.4, 0.5) is 0 Å². The largest absolute Gasteiger partial charge is 0.469 e. The summed E-state index contributed by atoms with van der Waals surface area (Å²) in [7, 11) is 1.48. The van der Waals surface area contributed by atoms with Crippen molar-refractivity contribution >= 4 is 5.97 Å². The Morgan fingerprint density at radius 2 is 2.06 bits per heavy atom. The first-order chi connectivity index (χ1) is 8.13. The maximum Gasteiger partial charge on any atom is 0.308 e. The highest BCUT2D eigenvalue weighted by Gasteiger charge is 2.24. The maximum atomic E-state index is 11.4. The number of ether oxygens (including phenoxy) is 1. The molecule has 1 saturated heterocycles. The van der Waals surface area contributed by atoms with Gasteiger partial charge in [-0.2, -0.15) is 0 Å². The molecular formula is C13H26N2O2. The van der Waals surface area contributed by atoms with Crippen molar-refractivity contribution in [2.24, 2.45) is 5.92 Å². The smallest absolute Gasteiger partial charge is 0.308 e. The molecule has 0 amide bonds. The first kappa shape index (κ1) is 14.5. The van der Waals surface area contributed by atoms with E-state index < -0.39 is 0 Å². The lowest BCUT2D eigenvalue weighted by Gasteiger charge is -2.30. The number of piperidine rings is 1. The van der Waals surface area contributed by atoms with Crippen LogP contribution in [-0.2, 0) is 9.53 Å². The van der Waals surface area contributed by atoms with Crippen LogP contribution in [0.1, 0.15) is 33.1 Å². The van der Waals surface area contributed by atoms with Gasteiger partial charge in [0.1, 0.15) is 0 Å². The van der Waals surface area contributed by atoms with Crippen molar-refractivity contribution in [2.45, 2.75) is 39.2 Å². The number of carbonyl (C=O) groups excluding carboxylic acids is 1. The molecular weight excluding hydrogens is 216 g/mol. The third kappa shape index (κ3) is 5.50. The quantitative estimate of drug-likeness (QED) is 0.562. The lowest BCUT2D eigenvalue weighted by molar-refractivity contribution is -0.147. The number of esters is 1. The molecule has 0 radical (unpaired) electrons. The number of likely N-dealkylation sites (tertiary alicyclic amines) is 1. The molecule has 0 bridgehead atoms. The molecule has 1 aliphatic heterocycles. The summed E-state index contributed by atoms with van der Waals surface area (Å²) in [5.41, 5.74) is 0. The average Bonchev–Trinajstić information content (AvgIpc) is 2.34. The number of carbonyl (C=O) groups is 1. The molecule has 0 aromatic heterocycles. The summed E-state index contributed by atoms with van der Waals surface area (Å²) in [6.07, 6.45) is 3.08. The minimum absolute atomic E-state index is 0.0360. The zero-order valence-electron chi connectivity index (χ0n) is 11.4. The lowest BCUT2D eigenvalue weighted by Crippen LogP contribution is -2.38. The van der Waals surface area contributed by atoms with Crippen LogP contribution in [0.2, 0.25) is 0 Å². The molecule has 1 N–H and O–H groups in total. The van der Waals surface area contributed by atoms with Crippen molar-refractivity contribution < 1.29 is 9.53 Å². The van der Waals surface area contributed by atoms with Crippen molar-refractivity contribution in [2.75, 3.05) is 33.3 Å². The van der Waals surface area contributed by atoms with E-state index in [9.17, 15) is 4.79 Å². The molecule has 100 valence electrons. The summed E-state index contributed by atoms with van der Waals surface area (Å²) in [4.78, 5) is 13.8. The third-order valence-electron chi connectivity index (χ3n) is 3.33. The highest BCUT2D eigenvalue weighted by atomic mass is 16.5. The Morgan fingerprint density at radius 3 is 2.59 bits per heavy atom. The molecule has 1 rings (SSSR count). The van der Waals surface area contributed by atoms with Crippen molar-refractivity contribution in [3.05, 3.63) is 0 Å². The fraction of sp³-hybridized carbons (Fsp3) is 0.923. The van der Waals surface area contributed by atoms with Crippen LogP contribution >= 0.6 is 0 Å². The number of hydrogen-bond acceptors (Lipinski definition) is 4. The van der Waals surface area contributed by atoms with Gasteiger partial charge in [0.25, 0.3) is 0 Å². The molecule has 1 fully saturated rings. The molecule has 4 nitrogen and oxygen atoms in total. The normalized spacial score (nSPS) is 18.6. The lowest BCUT2D eigenvalue weighted by atomic mass is 9.97. The van der Waals surface area contributed by atoms with Crippen LogP contribution in [0.25, 0.3) is 0 Å². The van der Waals surface area contributed by atoms with E-state index in [2.05, 4.69) is 24.1 Å². The summed E-state index contributed by atoms with van der Waals surface area (Å²) in [6.45, 7) is 8.61. The first-order valence-corrected chi connectivity index (χ1v) is 6.67. The van der Waals surface area contributed by atoms with Gasteiger partial charge in [-0.1, -0.05) is 13.8 Å². The van der Waals surface area contributed by atoms with E-state index in [1.165, 1.54) is 13.5 Å². The predicted molar refractivity (Wildman–Crippen MR) is 68.9 cm³/mol. The monoisotopic (exact) mass is 242 g/mol. The van der Waals surface area contributed by atoms with Crippen LogP contribution in [-0.4, -0.2) is 50.2 Å². The van der Waals surface area contributed by atoms with E-state index in [1.807, 2.05) is 0 Å². The van der Waals surface area contributed by atoms with E-state index in [1.54, 1.807) is 0 Å². The van der Waals surface area contributed by atoms with Crippen LogP contribution in [0.15, 0.2) is 0 Å². The van der Waals surface area contributed by atoms with Crippen LogP contribution < -0.4 is 5.32 Å². The molecule has 0 atom stereocenters. The molecule has 0 spiro atoms. The minimum atomic E-state index is -0.0360. The first-order valence-electron chi connectivity index (χ1n) is 6.67. The van der Waals surface area contributed by atoms with Crippen molar-refractivity contribution in [1.82, 2.24) is 10.2 Å². The molecule has 17 heavy (non-hydrogen) atoms. The van der Waals surface area contributed by atoms with Crippen LogP contribution in [0, 0.1) is 5.92 Å². The fourth-order valence-electron chi connectivity index (χ4n) is 2.25. The fourth-order valence-corrected chi connectivity index (χ4v) is 2.25. The second kappa shape index (κ2) is 7.67. The highest BCUT2D eigenvalue weighted by molar-refractivity contribution is 5.72. The highest BCUT2D eigenvalue weighted by Crippen LogP contribution is 2.18. The Hall–Kier alpha value is -0.610. The van der Waals surface area contributed by atoms with Gasteiger partial charge in [-0.25, -0.2) is 0 Å². The molecule has 0 saturated carbocycles. The summed E-state index contributed by atoms with van der Waals surface area (Å²) in [5, 5.41) is 3.42. The zero-order chi connectivity index (χ0) is 12.7. The van der Waals surface area contributed by atoms with Gasteiger partial charge in [0.05, 0.1) is 13.0 Å². The predicted octanol–water partition coefficient (Wildman–Crippen LogP) is 1.26. The second-order valence-corrected chi connectivity index (χ2v) is 5.10. The van der Waals surface area contributed by atoms with Gasteiger partial charge < -0.3 is 15.0 Å². The maximum absolute atomic E-state index is 11.4. The molecule has 0 unspecified atom stereocenters. The number of nitrogens with zero attached hydrogens (tertiary/aromatic N) is 1. The zero-order valence-corrected chi connectivity index (χ0v) is 11.4. The van der Waals surface area contributed by atoms with Crippen LogP contribution in [0.5, 0.6) is 0 Å². The van der Waals surface area contributed by atoms with Gasteiger partial charge in [0.2, 0.25) is 0 Å². The second-order valence-electron chi connectivity index (χ2n) is 5.10. The number of hydrogen-bond donors (Lipinski definition) is 1. The van der Waals surface area contributed by atoms with Crippen molar-refractivity contribution in [3.8, 4) is 0 Å². The summed E-state index contributed by atoms with van der Waals surface area (Å²) < 4.78 is 4.78. The van der Waals surface area contributed by atoms with E-state index in [-0.39, 0.29) is 11.9 Å². The van der Waals surface area contributed by atoms with E-state index >= 15 is 0 Å². The van der Waals surface area contributed by atoms with Crippen molar-refractivity contribution in [1.29, 1.82) is 0 Å². The Morgan fingerprint density at radius 1 is 1.41 bits per heavy atom. The van der Waals surface area contributed by atoms with Gasteiger partial charge in [-0.3, -0.25) is 4.79 Å². The van der Waals surface area contributed by atoms with E-state index in [4.69, 9.17) is 4.74 Å². The summed E-state index contributed by atoms with van der Waals surface area (Å²) in [6, 6.07) is 0.570. The average molecular weight is 242 g/mol. The Balaban J connectivity index is 2.09. The van der Waals surface area contributed by atoms with Gasteiger partial charge in [0.15, 0.2) is 0 Å². The summed E-state index contributed by atoms with van der Waals surface area (Å²) >= 11 is 0. The topological polar surface area (TPSA) is 41.6 Å². The van der Waals surface area contributed by atoms with Crippen molar-refractivity contribution in [3.63, 3.8) is 0 Å². The van der Waals surface area contributed by atoms with Crippen LogP contribution in [0.3, 0.4) is 0 Å². The molecule has 1 aliphatic rings. The van der Waals surface area contributed by atoms with Gasteiger partial charge in [-0.05, 0) is 45.4 Å². The Labute approximate surface area is 105 Å². The minimum Gasteiger partial charge on any atom is -0.469 e. The summed E-state index contributed by atoms with van der Waals surface area (Å²) in [5.74, 6) is 0.0937. The SMILES string of the molecule is COC(=O)C1CCN(CCCNC(C)C)CC1. The standard InChI is InChI=1S/C13H26N2O2/c1-11(2)14-7-4-8-15-9-5-12(6-10-15)13(16)17-3/h11-12,14H,4-10H2,1-3H3. The van der Waals surface area contributed by atoms with E-state index in [0.717, 1.165) is 39.0 Å². The van der Waals surface area contributed by atoms with Gasteiger partial charge >= 0.3 is 5.97 Å².